The Morgan fingerprint density at radius 1 is 1.00 bits per heavy atom. The van der Waals surface area contributed by atoms with Crippen LogP contribution in [0.25, 0.3) is 0 Å². The highest BCUT2D eigenvalue weighted by Gasteiger charge is 2.02. The summed E-state index contributed by atoms with van der Waals surface area (Å²) in [5.41, 5.74) is 3.40. The maximum absolute atomic E-state index is 6.11. The molecule has 0 aliphatic heterocycles. The zero-order valence-electron chi connectivity index (χ0n) is 11.6. The van der Waals surface area contributed by atoms with Crippen LogP contribution < -0.4 is 10.6 Å². The first kappa shape index (κ1) is 16.1. The van der Waals surface area contributed by atoms with Gasteiger partial charge in [-0.05, 0) is 42.4 Å². The molecule has 0 amide bonds. The second kappa shape index (κ2) is 7.64. The van der Waals surface area contributed by atoms with Crippen LogP contribution in [0.1, 0.15) is 16.7 Å². The van der Waals surface area contributed by atoms with Gasteiger partial charge < -0.3 is 10.6 Å². The summed E-state index contributed by atoms with van der Waals surface area (Å²) in [5.74, 6) is 0. The quantitative estimate of drug-likeness (QED) is 0.804. The van der Waals surface area contributed by atoms with Gasteiger partial charge in [0.2, 0.25) is 0 Å². The minimum absolute atomic E-state index is 0.565. The number of halogens is 2. The summed E-state index contributed by atoms with van der Waals surface area (Å²) in [6.07, 6.45) is 0. The Kier molecular flexibility index (Phi) is 5.85. The molecule has 0 atom stereocenters. The molecule has 0 heterocycles. The summed E-state index contributed by atoms with van der Waals surface area (Å²) in [4.78, 5) is 0. The lowest BCUT2D eigenvalue weighted by molar-refractivity contribution is 0.833. The van der Waals surface area contributed by atoms with Crippen LogP contribution in [0.15, 0.2) is 42.5 Å². The van der Waals surface area contributed by atoms with Crippen LogP contribution in [0.4, 0.5) is 0 Å². The van der Waals surface area contributed by atoms with E-state index in [0.29, 0.717) is 28.2 Å². The van der Waals surface area contributed by atoms with Crippen LogP contribution in [0, 0.1) is 6.92 Å². The topological polar surface area (TPSA) is 24.1 Å². The first-order chi connectivity index (χ1) is 10.0. The van der Waals surface area contributed by atoms with E-state index < -0.39 is 0 Å². The van der Waals surface area contributed by atoms with Crippen LogP contribution in [-0.2, 0) is 13.1 Å². The van der Waals surface area contributed by atoms with E-state index in [9.17, 15) is 0 Å². The number of thiocarbonyl (C=S) groups is 1. The Bertz CT molecular complexity index is 627. The van der Waals surface area contributed by atoms with Crippen molar-refractivity contribution in [3.05, 3.63) is 69.2 Å². The van der Waals surface area contributed by atoms with E-state index in [1.165, 1.54) is 11.1 Å². The molecule has 2 rings (SSSR count). The number of rotatable bonds is 4. The molecule has 0 spiro atoms. The lowest BCUT2D eigenvalue weighted by Crippen LogP contribution is -2.34. The molecule has 0 unspecified atom stereocenters. The SMILES string of the molecule is Cc1ccc(CNC(=S)NCc2ccc(Cl)cc2Cl)cc1. The third-order valence-electron chi connectivity index (χ3n) is 3.03. The van der Waals surface area contributed by atoms with Crippen molar-refractivity contribution in [2.24, 2.45) is 0 Å². The van der Waals surface area contributed by atoms with Crippen LogP contribution in [0.5, 0.6) is 0 Å². The molecule has 0 fully saturated rings. The fourth-order valence-electron chi connectivity index (χ4n) is 1.79. The van der Waals surface area contributed by atoms with Gasteiger partial charge in [0.15, 0.2) is 5.11 Å². The average Bonchev–Trinajstić information content (AvgIpc) is 2.46. The molecule has 0 aliphatic rings. The van der Waals surface area contributed by atoms with Gasteiger partial charge in [0.1, 0.15) is 0 Å². The lowest BCUT2D eigenvalue weighted by atomic mass is 10.1. The highest BCUT2D eigenvalue weighted by Crippen LogP contribution is 2.20. The van der Waals surface area contributed by atoms with E-state index >= 15 is 0 Å². The number of hydrogen-bond donors (Lipinski definition) is 2. The molecule has 2 nitrogen and oxygen atoms in total. The summed E-state index contributed by atoms with van der Waals surface area (Å²) < 4.78 is 0. The van der Waals surface area contributed by atoms with Gasteiger partial charge in [-0.2, -0.15) is 0 Å². The van der Waals surface area contributed by atoms with Crippen LogP contribution >= 0.6 is 35.4 Å². The molecular weight excluding hydrogens is 323 g/mol. The van der Waals surface area contributed by atoms with Crippen molar-refractivity contribution in [1.82, 2.24) is 10.6 Å². The van der Waals surface area contributed by atoms with E-state index in [-0.39, 0.29) is 0 Å². The first-order valence-electron chi connectivity index (χ1n) is 6.56. The van der Waals surface area contributed by atoms with E-state index in [4.69, 9.17) is 35.4 Å². The Labute approximate surface area is 140 Å². The summed E-state index contributed by atoms with van der Waals surface area (Å²) in [5, 5.41) is 8.17. The van der Waals surface area contributed by atoms with E-state index in [2.05, 4.69) is 41.8 Å². The second-order valence-electron chi connectivity index (χ2n) is 4.76. The number of aryl methyl sites for hydroxylation is 1. The van der Waals surface area contributed by atoms with Crippen molar-refractivity contribution in [3.8, 4) is 0 Å². The molecule has 0 aromatic heterocycles. The standard InChI is InChI=1S/C16H16Cl2N2S/c1-11-2-4-12(5-3-11)9-19-16(21)20-10-13-6-7-14(17)8-15(13)18/h2-8H,9-10H2,1H3,(H2,19,20,21). The molecule has 0 saturated heterocycles. The van der Waals surface area contributed by atoms with Gasteiger partial charge in [-0.1, -0.05) is 59.1 Å². The number of hydrogen-bond acceptors (Lipinski definition) is 1. The predicted octanol–water partition coefficient (Wildman–Crippen LogP) is 4.47. The van der Waals surface area contributed by atoms with Crippen molar-refractivity contribution in [2.75, 3.05) is 0 Å². The Morgan fingerprint density at radius 3 is 2.33 bits per heavy atom. The van der Waals surface area contributed by atoms with Gasteiger partial charge >= 0.3 is 0 Å². The fraction of sp³-hybridized carbons (Fsp3) is 0.188. The van der Waals surface area contributed by atoms with Crippen molar-refractivity contribution >= 4 is 40.5 Å². The van der Waals surface area contributed by atoms with Crippen molar-refractivity contribution in [3.63, 3.8) is 0 Å². The smallest absolute Gasteiger partial charge is 0.166 e. The Morgan fingerprint density at radius 2 is 1.67 bits per heavy atom. The van der Waals surface area contributed by atoms with Crippen LogP contribution in [0.3, 0.4) is 0 Å². The predicted molar refractivity (Wildman–Crippen MR) is 93.9 cm³/mol. The number of nitrogens with one attached hydrogen (secondary N) is 2. The van der Waals surface area contributed by atoms with Crippen molar-refractivity contribution in [2.45, 2.75) is 20.0 Å². The highest BCUT2D eigenvalue weighted by atomic mass is 35.5. The second-order valence-corrected chi connectivity index (χ2v) is 6.01. The maximum atomic E-state index is 6.11. The first-order valence-corrected chi connectivity index (χ1v) is 7.72. The molecular formula is C16H16Cl2N2S. The zero-order valence-corrected chi connectivity index (χ0v) is 13.9. The molecule has 5 heteroatoms. The summed E-state index contributed by atoms with van der Waals surface area (Å²) in [6, 6.07) is 13.8. The van der Waals surface area contributed by atoms with Gasteiger partial charge in [-0.15, -0.1) is 0 Å². The fourth-order valence-corrected chi connectivity index (χ4v) is 2.41. The molecule has 2 aromatic rings. The highest BCUT2D eigenvalue weighted by molar-refractivity contribution is 7.80. The summed E-state index contributed by atoms with van der Waals surface area (Å²) >= 11 is 17.2. The molecule has 0 saturated carbocycles. The molecule has 2 N–H and O–H groups in total. The Hall–Kier alpha value is -1.29. The van der Waals surface area contributed by atoms with Gasteiger partial charge in [0.05, 0.1) is 0 Å². The van der Waals surface area contributed by atoms with Gasteiger partial charge in [0, 0.05) is 23.1 Å². The zero-order chi connectivity index (χ0) is 15.2. The number of benzene rings is 2. The van der Waals surface area contributed by atoms with E-state index in [1.54, 1.807) is 6.07 Å². The summed E-state index contributed by atoms with van der Waals surface area (Å²) in [6.45, 7) is 3.33. The minimum atomic E-state index is 0.565. The normalized spacial score (nSPS) is 10.2. The van der Waals surface area contributed by atoms with Crippen LogP contribution in [0.2, 0.25) is 10.0 Å². The van der Waals surface area contributed by atoms with Crippen molar-refractivity contribution < 1.29 is 0 Å². The molecule has 0 bridgehead atoms. The molecule has 0 radical (unpaired) electrons. The lowest BCUT2D eigenvalue weighted by Gasteiger charge is -2.11. The summed E-state index contributed by atoms with van der Waals surface area (Å²) in [7, 11) is 0. The molecule has 0 aliphatic carbocycles. The van der Waals surface area contributed by atoms with Crippen molar-refractivity contribution in [1.29, 1.82) is 0 Å². The molecule has 110 valence electrons. The van der Waals surface area contributed by atoms with Gasteiger partial charge in [-0.25, -0.2) is 0 Å². The van der Waals surface area contributed by atoms with E-state index in [1.807, 2.05) is 12.1 Å². The largest absolute Gasteiger partial charge is 0.359 e. The maximum Gasteiger partial charge on any atom is 0.166 e. The monoisotopic (exact) mass is 338 g/mol. The van der Waals surface area contributed by atoms with Gasteiger partial charge in [0.25, 0.3) is 0 Å². The van der Waals surface area contributed by atoms with E-state index in [0.717, 1.165) is 5.56 Å². The third kappa shape index (κ3) is 5.20. The Balaban J connectivity index is 1.80. The molecule has 21 heavy (non-hydrogen) atoms. The minimum Gasteiger partial charge on any atom is -0.359 e. The average molecular weight is 339 g/mol. The van der Waals surface area contributed by atoms with Gasteiger partial charge in [-0.3, -0.25) is 0 Å². The van der Waals surface area contributed by atoms with Crippen LogP contribution in [-0.4, -0.2) is 5.11 Å². The third-order valence-corrected chi connectivity index (χ3v) is 3.90. The molecule has 2 aromatic carbocycles.